The van der Waals surface area contributed by atoms with Gasteiger partial charge < -0.3 is 10.1 Å². The number of carbonyl (C=O) groups excluding carboxylic acids is 1. The maximum Gasteiger partial charge on any atom is 0.340 e. The maximum absolute atomic E-state index is 11.8. The van der Waals surface area contributed by atoms with Gasteiger partial charge in [0.1, 0.15) is 17.7 Å². The lowest BCUT2D eigenvalue weighted by atomic mass is 10.1. The average molecular weight is 255 g/mol. The van der Waals surface area contributed by atoms with Crippen molar-refractivity contribution in [3.8, 4) is 12.1 Å². The number of aryl methyl sites for hydroxylation is 1. The van der Waals surface area contributed by atoms with E-state index in [0.717, 1.165) is 5.56 Å². The molecule has 0 aromatic heterocycles. The first kappa shape index (κ1) is 14.3. The van der Waals surface area contributed by atoms with Crippen LogP contribution in [0.15, 0.2) is 30.0 Å². The summed E-state index contributed by atoms with van der Waals surface area (Å²) in [5.74, 6) is -0.447. The molecule has 0 heterocycles. The van der Waals surface area contributed by atoms with Crippen molar-refractivity contribution in [1.29, 1.82) is 10.5 Å². The Labute approximate surface area is 111 Å². The second kappa shape index (κ2) is 6.83. The highest BCUT2D eigenvalue weighted by Crippen LogP contribution is 2.19. The van der Waals surface area contributed by atoms with Gasteiger partial charge in [0.15, 0.2) is 0 Å². The quantitative estimate of drug-likeness (QED) is 0.660. The van der Waals surface area contributed by atoms with Crippen molar-refractivity contribution in [3.63, 3.8) is 0 Å². The summed E-state index contributed by atoms with van der Waals surface area (Å²) >= 11 is 0. The third-order valence-electron chi connectivity index (χ3n) is 2.28. The molecule has 0 unspecified atom stereocenters. The van der Waals surface area contributed by atoms with Gasteiger partial charge in [-0.3, -0.25) is 0 Å². The molecule has 0 aliphatic heterocycles. The van der Waals surface area contributed by atoms with Crippen molar-refractivity contribution in [3.05, 3.63) is 41.1 Å². The zero-order valence-electron chi connectivity index (χ0n) is 10.7. The molecule has 0 fully saturated rings. The predicted octanol–water partition coefficient (Wildman–Crippen LogP) is 2.51. The molecule has 0 saturated heterocycles. The van der Waals surface area contributed by atoms with Crippen LogP contribution in [0.3, 0.4) is 0 Å². The van der Waals surface area contributed by atoms with Gasteiger partial charge in [-0.2, -0.15) is 10.5 Å². The van der Waals surface area contributed by atoms with Crippen LogP contribution < -0.4 is 5.32 Å². The van der Waals surface area contributed by atoms with E-state index in [9.17, 15) is 4.79 Å². The van der Waals surface area contributed by atoms with Crippen molar-refractivity contribution in [2.75, 3.05) is 11.9 Å². The number of hydrogen-bond acceptors (Lipinski definition) is 5. The Kier molecular flexibility index (Phi) is 5.13. The molecule has 5 nitrogen and oxygen atoms in total. The summed E-state index contributed by atoms with van der Waals surface area (Å²) in [6.45, 7) is 3.87. The number of rotatable bonds is 4. The van der Waals surface area contributed by atoms with Crippen molar-refractivity contribution in [2.45, 2.75) is 13.8 Å². The minimum Gasteiger partial charge on any atom is -0.462 e. The van der Waals surface area contributed by atoms with Gasteiger partial charge in [-0.25, -0.2) is 4.79 Å². The average Bonchev–Trinajstić information content (AvgIpc) is 2.41. The van der Waals surface area contributed by atoms with E-state index in [4.69, 9.17) is 15.3 Å². The molecule has 0 radical (unpaired) electrons. The first-order valence-electron chi connectivity index (χ1n) is 5.67. The van der Waals surface area contributed by atoms with E-state index in [1.54, 1.807) is 31.2 Å². The Morgan fingerprint density at radius 2 is 2.11 bits per heavy atom. The van der Waals surface area contributed by atoms with E-state index in [1.165, 1.54) is 6.20 Å². The Morgan fingerprint density at radius 1 is 1.42 bits per heavy atom. The molecular weight excluding hydrogens is 242 g/mol. The smallest absolute Gasteiger partial charge is 0.340 e. The standard InChI is InChI=1S/C14H13N3O2/c1-3-19-14(18)12-6-10(2)4-5-13(12)17-9-11(7-15)8-16/h4-6,9,17H,3H2,1-2H3. The van der Waals surface area contributed by atoms with E-state index in [2.05, 4.69) is 5.32 Å². The number of anilines is 1. The molecular formula is C14H13N3O2. The van der Waals surface area contributed by atoms with E-state index in [0.29, 0.717) is 11.3 Å². The molecule has 96 valence electrons. The minimum absolute atomic E-state index is 0.0737. The second-order valence-corrected chi connectivity index (χ2v) is 3.70. The van der Waals surface area contributed by atoms with E-state index < -0.39 is 5.97 Å². The maximum atomic E-state index is 11.8. The topological polar surface area (TPSA) is 85.9 Å². The van der Waals surface area contributed by atoms with Crippen molar-refractivity contribution >= 4 is 11.7 Å². The van der Waals surface area contributed by atoms with Crippen LogP contribution in [-0.4, -0.2) is 12.6 Å². The highest BCUT2D eigenvalue weighted by molar-refractivity contribution is 5.96. The van der Waals surface area contributed by atoms with E-state index >= 15 is 0 Å². The van der Waals surface area contributed by atoms with Crippen LogP contribution in [0, 0.1) is 29.6 Å². The summed E-state index contributed by atoms with van der Waals surface area (Å²) in [4.78, 5) is 11.8. The molecule has 1 rings (SSSR count). The third kappa shape index (κ3) is 3.86. The highest BCUT2D eigenvalue weighted by Gasteiger charge is 2.12. The lowest BCUT2D eigenvalue weighted by molar-refractivity contribution is 0.0527. The molecule has 1 N–H and O–H groups in total. The van der Waals surface area contributed by atoms with Gasteiger partial charge in [0, 0.05) is 6.20 Å². The Bertz CT molecular complexity index is 576. The summed E-state index contributed by atoms with van der Waals surface area (Å²) in [5, 5.41) is 20.1. The number of benzene rings is 1. The number of esters is 1. The summed E-state index contributed by atoms with van der Waals surface area (Å²) in [5.41, 5.74) is 1.70. The van der Waals surface area contributed by atoms with Crippen LogP contribution >= 0.6 is 0 Å². The molecule has 1 aromatic carbocycles. The highest BCUT2D eigenvalue weighted by atomic mass is 16.5. The monoisotopic (exact) mass is 255 g/mol. The summed E-state index contributed by atoms with van der Waals surface area (Å²) in [6, 6.07) is 8.66. The van der Waals surface area contributed by atoms with Crippen molar-refractivity contribution in [2.24, 2.45) is 0 Å². The van der Waals surface area contributed by atoms with Gasteiger partial charge in [-0.05, 0) is 26.0 Å². The van der Waals surface area contributed by atoms with Gasteiger partial charge >= 0.3 is 5.97 Å². The Hall–Kier alpha value is -2.79. The number of nitrogens with one attached hydrogen (secondary N) is 1. The number of ether oxygens (including phenoxy) is 1. The van der Waals surface area contributed by atoms with Gasteiger partial charge in [-0.15, -0.1) is 0 Å². The molecule has 0 bridgehead atoms. The summed E-state index contributed by atoms with van der Waals surface area (Å²) in [6.07, 6.45) is 1.26. The number of allylic oxidation sites excluding steroid dienone is 1. The fourth-order valence-corrected chi connectivity index (χ4v) is 1.40. The lowest BCUT2D eigenvalue weighted by Crippen LogP contribution is -2.08. The third-order valence-corrected chi connectivity index (χ3v) is 2.28. The van der Waals surface area contributed by atoms with Crippen LogP contribution in [0.25, 0.3) is 0 Å². The first-order valence-corrected chi connectivity index (χ1v) is 5.67. The number of hydrogen-bond donors (Lipinski definition) is 1. The molecule has 0 amide bonds. The molecule has 5 heteroatoms. The zero-order chi connectivity index (χ0) is 14.3. The second-order valence-electron chi connectivity index (χ2n) is 3.70. The molecule has 19 heavy (non-hydrogen) atoms. The Morgan fingerprint density at radius 3 is 2.68 bits per heavy atom. The van der Waals surface area contributed by atoms with Crippen LogP contribution in [-0.2, 0) is 4.74 Å². The van der Waals surface area contributed by atoms with E-state index in [1.807, 2.05) is 13.0 Å². The normalized spacial score (nSPS) is 8.84. The van der Waals surface area contributed by atoms with Crippen LogP contribution in [0.5, 0.6) is 0 Å². The predicted molar refractivity (Wildman–Crippen MR) is 70.1 cm³/mol. The SMILES string of the molecule is CCOC(=O)c1cc(C)ccc1NC=C(C#N)C#N. The zero-order valence-corrected chi connectivity index (χ0v) is 10.7. The van der Waals surface area contributed by atoms with Crippen molar-refractivity contribution in [1.82, 2.24) is 0 Å². The lowest BCUT2D eigenvalue weighted by Gasteiger charge is -2.09. The fourth-order valence-electron chi connectivity index (χ4n) is 1.40. The van der Waals surface area contributed by atoms with Crippen LogP contribution in [0.4, 0.5) is 5.69 Å². The van der Waals surface area contributed by atoms with Crippen LogP contribution in [0.2, 0.25) is 0 Å². The number of carbonyl (C=O) groups is 1. The molecule has 0 atom stereocenters. The summed E-state index contributed by atoms with van der Waals surface area (Å²) < 4.78 is 4.95. The minimum atomic E-state index is -0.447. The van der Waals surface area contributed by atoms with Crippen LogP contribution in [0.1, 0.15) is 22.8 Å². The van der Waals surface area contributed by atoms with Gasteiger partial charge in [0.2, 0.25) is 0 Å². The molecule has 0 aliphatic rings. The Balaban J connectivity index is 3.08. The summed E-state index contributed by atoms with van der Waals surface area (Å²) in [7, 11) is 0. The van der Waals surface area contributed by atoms with Gasteiger partial charge in [0.05, 0.1) is 17.9 Å². The number of nitriles is 2. The van der Waals surface area contributed by atoms with E-state index in [-0.39, 0.29) is 12.2 Å². The first-order chi connectivity index (χ1) is 9.12. The molecule has 0 aliphatic carbocycles. The van der Waals surface area contributed by atoms with Crippen molar-refractivity contribution < 1.29 is 9.53 Å². The molecule has 1 aromatic rings. The molecule has 0 saturated carbocycles. The van der Waals surface area contributed by atoms with Gasteiger partial charge in [-0.1, -0.05) is 11.6 Å². The molecule has 0 spiro atoms. The fraction of sp³-hybridized carbons (Fsp3) is 0.214. The van der Waals surface area contributed by atoms with Gasteiger partial charge in [0.25, 0.3) is 0 Å². The number of nitrogens with zero attached hydrogens (tertiary/aromatic N) is 2. The largest absolute Gasteiger partial charge is 0.462 e.